The summed E-state index contributed by atoms with van der Waals surface area (Å²) in [6.07, 6.45) is 0.600. The second-order valence-electron chi connectivity index (χ2n) is 5.05. The molecule has 0 saturated carbocycles. The summed E-state index contributed by atoms with van der Waals surface area (Å²) in [6.45, 7) is 2.09. The number of rotatable bonds is 4. The number of fused-ring (bicyclic) bond motifs is 1. The molecule has 0 saturated heterocycles. The maximum absolute atomic E-state index is 12.3. The van der Waals surface area contributed by atoms with Crippen LogP contribution in [0, 0.1) is 0 Å². The van der Waals surface area contributed by atoms with E-state index in [4.69, 9.17) is 32.7 Å². The molecule has 1 aliphatic heterocycles. The number of nitrogens with zero attached hydrogens (tertiary/aromatic N) is 1. The highest BCUT2D eigenvalue weighted by Crippen LogP contribution is 2.32. The first-order valence-electron chi connectivity index (χ1n) is 7.30. The van der Waals surface area contributed by atoms with E-state index < -0.39 is 0 Å². The Labute approximate surface area is 149 Å². The topological polar surface area (TPSA) is 59.9 Å². The summed E-state index contributed by atoms with van der Waals surface area (Å²) in [5.74, 6) is 0.824. The second-order valence-corrected chi connectivity index (χ2v) is 5.89. The number of hydrazone groups is 1. The Morgan fingerprint density at radius 2 is 1.96 bits per heavy atom. The molecule has 1 N–H and O–H groups in total. The fourth-order valence-corrected chi connectivity index (χ4v) is 2.79. The molecule has 0 aromatic heterocycles. The van der Waals surface area contributed by atoms with Crippen LogP contribution in [0.1, 0.15) is 29.3 Å². The highest BCUT2D eigenvalue weighted by atomic mass is 35.5. The van der Waals surface area contributed by atoms with Crippen LogP contribution in [0.15, 0.2) is 41.5 Å². The standard InChI is InChI=1S/C17H14Cl2N2O3/c1-2-14(12-5-4-11(18)8-13(12)19)20-21-17(22)10-3-6-15-16(7-10)24-9-23-15/h3-8H,2,9H2,1H3,(H,21,22)/b20-14+. The van der Waals surface area contributed by atoms with Crippen LogP contribution in [0.4, 0.5) is 0 Å². The van der Waals surface area contributed by atoms with Gasteiger partial charge in [0, 0.05) is 16.1 Å². The monoisotopic (exact) mass is 364 g/mol. The number of hydrogen-bond donors (Lipinski definition) is 1. The van der Waals surface area contributed by atoms with Gasteiger partial charge < -0.3 is 9.47 Å². The number of hydrogen-bond acceptors (Lipinski definition) is 4. The lowest BCUT2D eigenvalue weighted by atomic mass is 10.1. The molecule has 5 nitrogen and oxygen atoms in total. The van der Waals surface area contributed by atoms with Crippen molar-refractivity contribution in [2.24, 2.45) is 5.10 Å². The average molecular weight is 365 g/mol. The van der Waals surface area contributed by atoms with Crippen molar-refractivity contribution < 1.29 is 14.3 Å². The van der Waals surface area contributed by atoms with Crippen molar-refractivity contribution in [1.82, 2.24) is 5.43 Å². The van der Waals surface area contributed by atoms with Crippen LogP contribution in [0.5, 0.6) is 11.5 Å². The van der Waals surface area contributed by atoms with Gasteiger partial charge in [0.1, 0.15) is 0 Å². The van der Waals surface area contributed by atoms with E-state index in [0.717, 1.165) is 5.56 Å². The van der Waals surface area contributed by atoms with Crippen LogP contribution in [0.2, 0.25) is 10.0 Å². The molecule has 2 aromatic carbocycles. The number of benzene rings is 2. The smallest absolute Gasteiger partial charge is 0.271 e. The SMILES string of the molecule is CC/C(=N\NC(=O)c1ccc2c(c1)OCO2)c1ccc(Cl)cc1Cl. The molecule has 0 unspecified atom stereocenters. The molecule has 3 rings (SSSR count). The molecule has 124 valence electrons. The molecule has 7 heteroatoms. The minimum atomic E-state index is -0.343. The van der Waals surface area contributed by atoms with E-state index in [2.05, 4.69) is 10.5 Å². The number of halogens is 2. The maximum Gasteiger partial charge on any atom is 0.271 e. The summed E-state index contributed by atoms with van der Waals surface area (Å²) in [7, 11) is 0. The Morgan fingerprint density at radius 1 is 1.17 bits per heavy atom. The molecule has 1 heterocycles. The van der Waals surface area contributed by atoms with Gasteiger partial charge in [0.2, 0.25) is 6.79 Å². The number of nitrogens with one attached hydrogen (secondary N) is 1. The van der Waals surface area contributed by atoms with Gasteiger partial charge in [-0.15, -0.1) is 0 Å². The molecular formula is C17H14Cl2N2O3. The van der Waals surface area contributed by atoms with Crippen molar-refractivity contribution >= 4 is 34.8 Å². The summed E-state index contributed by atoms with van der Waals surface area (Å²) in [6, 6.07) is 10.1. The first-order chi connectivity index (χ1) is 11.6. The molecule has 24 heavy (non-hydrogen) atoms. The van der Waals surface area contributed by atoms with Gasteiger partial charge in [-0.05, 0) is 36.8 Å². The van der Waals surface area contributed by atoms with E-state index in [9.17, 15) is 4.79 Å². The Balaban J connectivity index is 1.78. The molecule has 2 aromatic rings. The van der Waals surface area contributed by atoms with Crippen molar-refractivity contribution in [2.45, 2.75) is 13.3 Å². The molecule has 0 radical (unpaired) electrons. The van der Waals surface area contributed by atoms with E-state index in [0.29, 0.717) is 39.2 Å². The van der Waals surface area contributed by atoms with Crippen LogP contribution in [-0.4, -0.2) is 18.4 Å². The third-order valence-electron chi connectivity index (χ3n) is 3.50. The Morgan fingerprint density at radius 3 is 2.71 bits per heavy atom. The van der Waals surface area contributed by atoms with Gasteiger partial charge in [-0.1, -0.05) is 36.2 Å². The average Bonchev–Trinajstić information content (AvgIpc) is 3.04. The van der Waals surface area contributed by atoms with Gasteiger partial charge in [-0.25, -0.2) is 5.43 Å². The number of carbonyl (C=O) groups is 1. The first kappa shape index (κ1) is 16.6. The van der Waals surface area contributed by atoms with Crippen LogP contribution >= 0.6 is 23.2 Å². The normalized spacial score (nSPS) is 13.0. The molecular weight excluding hydrogens is 351 g/mol. The summed E-state index contributed by atoms with van der Waals surface area (Å²) in [5.41, 5.74) is 4.36. The molecule has 0 fully saturated rings. The fourth-order valence-electron chi connectivity index (χ4n) is 2.27. The summed E-state index contributed by atoms with van der Waals surface area (Å²) in [4.78, 5) is 12.3. The van der Waals surface area contributed by atoms with E-state index in [-0.39, 0.29) is 12.7 Å². The van der Waals surface area contributed by atoms with E-state index in [1.54, 1.807) is 36.4 Å². The highest BCUT2D eigenvalue weighted by molar-refractivity contribution is 6.37. The second kappa shape index (κ2) is 7.11. The first-order valence-corrected chi connectivity index (χ1v) is 8.06. The Kier molecular flexibility index (Phi) is 4.92. The van der Waals surface area contributed by atoms with Crippen molar-refractivity contribution in [2.75, 3.05) is 6.79 Å². The van der Waals surface area contributed by atoms with Crippen LogP contribution < -0.4 is 14.9 Å². The molecule has 0 aliphatic carbocycles. The maximum atomic E-state index is 12.3. The van der Waals surface area contributed by atoms with Crippen molar-refractivity contribution in [3.8, 4) is 11.5 Å². The van der Waals surface area contributed by atoms with E-state index in [1.165, 1.54) is 0 Å². The van der Waals surface area contributed by atoms with Crippen LogP contribution in [0.25, 0.3) is 0 Å². The predicted molar refractivity (Wildman–Crippen MR) is 93.3 cm³/mol. The summed E-state index contributed by atoms with van der Waals surface area (Å²) < 4.78 is 10.5. The largest absolute Gasteiger partial charge is 0.454 e. The molecule has 1 aliphatic rings. The lowest BCUT2D eigenvalue weighted by Crippen LogP contribution is -2.20. The molecule has 1 amide bonds. The minimum Gasteiger partial charge on any atom is -0.454 e. The van der Waals surface area contributed by atoms with E-state index in [1.807, 2.05) is 6.92 Å². The molecule has 0 spiro atoms. The van der Waals surface area contributed by atoms with Gasteiger partial charge >= 0.3 is 0 Å². The number of carbonyl (C=O) groups excluding carboxylic acids is 1. The zero-order valence-corrected chi connectivity index (χ0v) is 14.3. The zero-order valence-electron chi connectivity index (χ0n) is 12.8. The third kappa shape index (κ3) is 3.47. The quantitative estimate of drug-likeness (QED) is 0.650. The summed E-state index contributed by atoms with van der Waals surface area (Å²) >= 11 is 12.1. The summed E-state index contributed by atoms with van der Waals surface area (Å²) in [5, 5.41) is 5.22. The number of ether oxygens (including phenoxy) is 2. The van der Waals surface area contributed by atoms with Gasteiger partial charge in [0.25, 0.3) is 5.91 Å². The van der Waals surface area contributed by atoms with E-state index >= 15 is 0 Å². The predicted octanol–water partition coefficient (Wildman–Crippen LogP) is 4.27. The van der Waals surface area contributed by atoms with Gasteiger partial charge in [-0.2, -0.15) is 5.10 Å². The van der Waals surface area contributed by atoms with Crippen LogP contribution in [0.3, 0.4) is 0 Å². The van der Waals surface area contributed by atoms with Gasteiger partial charge in [0.15, 0.2) is 11.5 Å². The highest BCUT2D eigenvalue weighted by Gasteiger charge is 2.16. The molecule has 0 atom stereocenters. The minimum absolute atomic E-state index is 0.160. The third-order valence-corrected chi connectivity index (χ3v) is 4.05. The number of amides is 1. The van der Waals surface area contributed by atoms with Crippen molar-refractivity contribution in [1.29, 1.82) is 0 Å². The zero-order chi connectivity index (χ0) is 17.1. The fraction of sp³-hybridized carbons (Fsp3) is 0.176. The van der Waals surface area contributed by atoms with Gasteiger partial charge in [0.05, 0.1) is 10.7 Å². The lowest BCUT2D eigenvalue weighted by Gasteiger charge is -2.08. The van der Waals surface area contributed by atoms with Gasteiger partial charge in [-0.3, -0.25) is 4.79 Å². The molecule has 0 bridgehead atoms. The van der Waals surface area contributed by atoms with Crippen molar-refractivity contribution in [3.63, 3.8) is 0 Å². The van der Waals surface area contributed by atoms with Crippen molar-refractivity contribution in [3.05, 3.63) is 57.6 Å². The Bertz CT molecular complexity index is 821. The lowest BCUT2D eigenvalue weighted by molar-refractivity contribution is 0.0954. The Hall–Kier alpha value is -2.24. The van der Waals surface area contributed by atoms with Crippen LogP contribution in [-0.2, 0) is 0 Å².